The molecule has 9 heteroatoms. The van der Waals surface area contributed by atoms with Crippen LogP contribution in [0.1, 0.15) is 58.9 Å². The first-order chi connectivity index (χ1) is 19.2. The summed E-state index contributed by atoms with van der Waals surface area (Å²) in [5, 5.41) is 13.3. The molecule has 1 fully saturated rings. The fourth-order valence-corrected chi connectivity index (χ4v) is 5.85. The maximum atomic E-state index is 12.9. The predicted octanol–water partition coefficient (Wildman–Crippen LogP) is 4.87. The molecule has 1 saturated heterocycles. The predicted molar refractivity (Wildman–Crippen MR) is 157 cm³/mol. The van der Waals surface area contributed by atoms with Crippen molar-refractivity contribution in [1.29, 1.82) is 0 Å². The molecule has 3 heterocycles. The van der Waals surface area contributed by atoms with Crippen LogP contribution in [0.3, 0.4) is 0 Å². The van der Waals surface area contributed by atoms with Crippen LogP contribution < -0.4 is 19.7 Å². The molecule has 0 aliphatic carbocycles. The second-order valence-electron chi connectivity index (χ2n) is 10.7. The quantitative estimate of drug-likeness (QED) is 0.207. The minimum Gasteiger partial charge on any atom is -0.497 e. The van der Waals surface area contributed by atoms with Gasteiger partial charge in [-0.25, -0.2) is 0 Å². The molecule has 0 saturated carbocycles. The molecular formula is C31H41ClN5O3+. The minimum atomic E-state index is -0.193. The summed E-state index contributed by atoms with van der Waals surface area (Å²) in [7, 11) is 1.69. The van der Waals surface area contributed by atoms with Crippen molar-refractivity contribution in [1.82, 2.24) is 15.2 Å². The minimum absolute atomic E-state index is 0.185. The molecule has 2 aromatic heterocycles. The fourth-order valence-electron chi connectivity index (χ4n) is 5.56. The number of piperidine rings is 1. The van der Waals surface area contributed by atoms with Gasteiger partial charge in [-0.15, -0.1) is 0 Å². The monoisotopic (exact) mass is 566 g/mol. The number of aryl methyl sites for hydroxylation is 2. The first kappa shape index (κ1) is 29.6. The molecule has 40 heavy (non-hydrogen) atoms. The number of halogens is 1. The molecule has 1 aromatic carbocycles. The van der Waals surface area contributed by atoms with E-state index in [9.17, 15) is 10.0 Å². The summed E-state index contributed by atoms with van der Waals surface area (Å²) in [5.41, 5.74) is 5.31. The van der Waals surface area contributed by atoms with Gasteiger partial charge in [0.15, 0.2) is 0 Å². The van der Waals surface area contributed by atoms with Crippen molar-refractivity contribution < 1.29 is 19.5 Å². The van der Waals surface area contributed by atoms with Crippen LogP contribution in [0.4, 0.5) is 5.69 Å². The Labute approximate surface area is 242 Å². The summed E-state index contributed by atoms with van der Waals surface area (Å²) in [6.45, 7) is 11.3. The molecule has 0 bridgehead atoms. The van der Waals surface area contributed by atoms with Gasteiger partial charge in [-0.05, 0) is 98.7 Å². The van der Waals surface area contributed by atoms with Crippen LogP contribution in [-0.4, -0.2) is 59.8 Å². The highest BCUT2D eigenvalue weighted by Gasteiger charge is 2.28. The van der Waals surface area contributed by atoms with Crippen molar-refractivity contribution in [3.05, 3.63) is 81.9 Å². The molecule has 0 radical (unpaired) electrons. The summed E-state index contributed by atoms with van der Waals surface area (Å²) in [5.74, 6) is 0.662. The molecule has 3 aromatic rings. The highest BCUT2D eigenvalue weighted by molar-refractivity contribution is 6.28. The number of anilines is 1. The molecule has 1 aliphatic rings. The molecule has 0 spiro atoms. The average molecular weight is 567 g/mol. The Morgan fingerprint density at radius 2 is 1.90 bits per heavy atom. The summed E-state index contributed by atoms with van der Waals surface area (Å²) in [4.78, 5) is 22.3. The molecule has 1 amide bonds. The number of carbonyl (C=O) groups is 1. The third kappa shape index (κ3) is 6.85. The zero-order valence-electron chi connectivity index (χ0n) is 24.2. The first-order valence-electron chi connectivity index (χ1n) is 13.9. The standard InChI is InChI=1S/C31H40ClN5O3/c1-21-10-14-33-19-25(21)20-36(26-6-8-28(40-5)9-7-26)27-12-16-35(17-13-27)23(3)11-15-34-31(38)30-22(2)18-29(32)37(39)24(30)4/h6-10,14,18-19,23,27H,11-13,15-17,20H2,1-5H3,(H-,34,38,39)/p+1/t23-/m1/s1. The molecule has 0 unspecified atom stereocenters. The van der Waals surface area contributed by atoms with Gasteiger partial charge in [-0.1, -0.05) is 0 Å². The van der Waals surface area contributed by atoms with E-state index in [2.05, 4.69) is 52.1 Å². The summed E-state index contributed by atoms with van der Waals surface area (Å²) < 4.78 is 6.24. The zero-order chi connectivity index (χ0) is 28.8. The van der Waals surface area contributed by atoms with Crippen LogP contribution in [0, 0.1) is 20.8 Å². The Hall–Kier alpha value is -3.36. The van der Waals surface area contributed by atoms with Crippen molar-refractivity contribution in [2.45, 2.75) is 65.6 Å². The van der Waals surface area contributed by atoms with E-state index in [4.69, 9.17) is 16.3 Å². The second kappa shape index (κ2) is 13.3. The number of aromatic nitrogens is 2. The Kier molecular flexibility index (Phi) is 9.87. The van der Waals surface area contributed by atoms with E-state index in [1.54, 1.807) is 20.1 Å². The number of hydrogen-bond acceptors (Lipinski definition) is 6. The highest BCUT2D eigenvalue weighted by Crippen LogP contribution is 2.29. The summed E-state index contributed by atoms with van der Waals surface area (Å²) in [6, 6.07) is 12.8. The molecule has 214 valence electrons. The maximum absolute atomic E-state index is 12.9. The van der Waals surface area contributed by atoms with Crippen molar-refractivity contribution in [3.8, 4) is 5.75 Å². The van der Waals surface area contributed by atoms with Gasteiger partial charge in [-0.3, -0.25) is 15.0 Å². The summed E-state index contributed by atoms with van der Waals surface area (Å²) in [6.07, 6.45) is 6.78. The fraction of sp³-hybridized carbons (Fsp3) is 0.452. The van der Waals surface area contributed by atoms with E-state index in [0.29, 0.717) is 29.9 Å². The Bertz CT molecular complexity index is 1310. The SMILES string of the molecule is COc1ccc(N(Cc2cnccc2C)C2CCN([C@H](C)CCNC(=O)c3c(C)cc(Cl)[n+](O)c3C)CC2)cc1. The number of likely N-dealkylation sites (tertiary alicyclic amines) is 1. The van der Waals surface area contributed by atoms with Crippen LogP contribution >= 0.6 is 11.6 Å². The van der Waals surface area contributed by atoms with Crippen LogP contribution in [0.25, 0.3) is 0 Å². The molecule has 2 N–H and O–H groups in total. The van der Waals surface area contributed by atoms with Crippen molar-refractivity contribution >= 4 is 23.2 Å². The number of carbonyl (C=O) groups excluding carboxylic acids is 1. The lowest BCUT2D eigenvalue weighted by Gasteiger charge is -2.42. The number of rotatable bonds is 10. The normalized spacial score (nSPS) is 15.1. The Balaban J connectivity index is 1.35. The number of nitrogens with zero attached hydrogens (tertiary/aromatic N) is 4. The summed E-state index contributed by atoms with van der Waals surface area (Å²) >= 11 is 6.02. The van der Waals surface area contributed by atoms with E-state index in [-0.39, 0.29) is 11.1 Å². The molecule has 1 atom stereocenters. The number of ether oxygens (including phenoxy) is 1. The van der Waals surface area contributed by atoms with Crippen LogP contribution in [-0.2, 0) is 6.54 Å². The van der Waals surface area contributed by atoms with Gasteiger partial charge in [0.25, 0.3) is 5.91 Å². The van der Waals surface area contributed by atoms with Crippen molar-refractivity contribution in [2.24, 2.45) is 0 Å². The lowest BCUT2D eigenvalue weighted by molar-refractivity contribution is -0.907. The van der Waals surface area contributed by atoms with Crippen LogP contribution in [0.2, 0.25) is 5.15 Å². The van der Waals surface area contributed by atoms with Gasteiger partial charge in [-0.2, -0.15) is 0 Å². The number of amides is 1. The highest BCUT2D eigenvalue weighted by atomic mass is 35.5. The second-order valence-corrected chi connectivity index (χ2v) is 11.1. The van der Waals surface area contributed by atoms with E-state index in [0.717, 1.165) is 54.9 Å². The van der Waals surface area contributed by atoms with Crippen LogP contribution in [0.15, 0.2) is 48.8 Å². The van der Waals surface area contributed by atoms with Gasteiger partial charge in [0.05, 0.1) is 7.11 Å². The molecule has 4 rings (SSSR count). The topological polar surface area (TPSA) is 81.8 Å². The van der Waals surface area contributed by atoms with Gasteiger partial charge in [0.1, 0.15) is 11.3 Å². The van der Waals surface area contributed by atoms with E-state index >= 15 is 0 Å². The average Bonchev–Trinajstić information content (AvgIpc) is 2.96. The number of pyridine rings is 2. The van der Waals surface area contributed by atoms with Gasteiger partial charge >= 0.3 is 5.15 Å². The van der Waals surface area contributed by atoms with Gasteiger partial charge in [0, 0.05) is 74.1 Å². The zero-order valence-corrected chi connectivity index (χ0v) is 24.9. The number of nitrogens with one attached hydrogen (secondary N) is 1. The Morgan fingerprint density at radius 3 is 2.55 bits per heavy atom. The lowest BCUT2D eigenvalue weighted by Crippen LogP contribution is -2.48. The van der Waals surface area contributed by atoms with E-state index in [1.165, 1.54) is 16.8 Å². The molecule has 1 aliphatic heterocycles. The van der Waals surface area contributed by atoms with Gasteiger partial charge in [0.2, 0.25) is 5.69 Å². The third-order valence-corrected chi connectivity index (χ3v) is 8.41. The number of methoxy groups -OCH3 is 1. The number of hydrogen-bond donors (Lipinski definition) is 2. The van der Waals surface area contributed by atoms with Crippen molar-refractivity contribution in [3.63, 3.8) is 0 Å². The first-order valence-corrected chi connectivity index (χ1v) is 14.3. The van der Waals surface area contributed by atoms with Crippen LogP contribution in [0.5, 0.6) is 5.75 Å². The lowest BCUT2D eigenvalue weighted by atomic mass is 9.99. The largest absolute Gasteiger partial charge is 0.497 e. The van der Waals surface area contributed by atoms with Crippen molar-refractivity contribution in [2.75, 3.05) is 31.6 Å². The number of benzene rings is 1. The maximum Gasteiger partial charge on any atom is 0.325 e. The Morgan fingerprint density at radius 1 is 1.20 bits per heavy atom. The van der Waals surface area contributed by atoms with E-state index in [1.807, 2.05) is 31.5 Å². The third-order valence-electron chi connectivity index (χ3n) is 8.14. The smallest absolute Gasteiger partial charge is 0.325 e. The van der Waals surface area contributed by atoms with Gasteiger partial charge < -0.3 is 19.9 Å². The molecular weight excluding hydrogens is 526 g/mol. The van der Waals surface area contributed by atoms with E-state index < -0.39 is 0 Å². The molecule has 8 nitrogen and oxygen atoms in total.